The van der Waals surface area contributed by atoms with Gasteiger partial charge in [0.15, 0.2) is 5.69 Å². The zero-order valence-corrected chi connectivity index (χ0v) is 13.9. The monoisotopic (exact) mass is 328 g/mol. The van der Waals surface area contributed by atoms with Crippen LogP contribution in [0.3, 0.4) is 0 Å². The Kier molecular flexibility index (Phi) is 3.78. The Morgan fingerprint density at radius 3 is 2.52 bits per heavy atom. The average Bonchev–Trinajstić information content (AvgIpc) is 3.05. The van der Waals surface area contributed by atoms with E-state index in [1.54, 1.807) is 0 Å². The number of carbonyl (C=O) groups is 1. The summed E-state index contributed by atoms with van der Waals surface area (Å²) in [5.41, 5.74) is 6.23. The number of aromatic nitrogens is 2. The molecular weight excluding hydrogens is 310 g/mol. The molecular formula is C21H18N3O+. The first-order valence-electron chi connectivity index (χ1n) is 8.17. The van der Waals surface area contributed by atoms with E-state index in [-0.39, 0.29) is 5.91 Å². The molecule has 4 nitrogen and oxygen atoms in total. The summed E-state index contributed by atoms with van der Waals surface area (Å²) in [6.45, 7) is 1.51. The number of aromatic amines is 1. The van der Waals surface area contributed by atoms with Crippen molar-refractivity contribution in [3.8, 4) is 22.4 Å². The lowest BCUT2D eigenvalue weighted by molar-refractivity contribution is -0.497. The second-order valence-electron chi connectivity index (χ2n) is 5.97. The second-order valence-corrected chi connectivity index (χ2v) is 5.97. The van der Waals surface area contributed by atoms with E-state index in [1.165, 1.54) is 6.92 Å². The van der Waals surface area contributed by atoms with Crippen molar-refractivity contribution in [2.24, 2.45) is 0 Å². The molecule has 2 heterocycles. The molecule has 0 bridgehead atoms. The van der Waals surface area contributed by atoms with E-state index in [1.807, 2.05) is 48.7 Å². The number of pyridine rings is 1. The van der Waals surface area contributed by atoms with Crippen LogP contribution in [0.2, 0.25) is 0 Å². The summed E-state index contributed by atoms with van der Waals surface area (Å²) in [5.74, 6) is -0.0704. The summed E-state index contributed by atoms with van der Waals surface area (Å²) in [5, 5.41) is 2.83. The van der Waals surface area contributed by atoms with Crippen LogP contribution < -0.4 is 9.72 Å². The second kappa shape index (κ2) is 6.24. The van der Waals surface area contributed by atoms with Gasteiger partial charge in [0, 0.05) is 29.8 Å². The smallest absolute Gasteiger partial charge is 0.284 e. The summed E-state index contributed by atoms with van der Waals surface area (Å²) >= 11 is 0. The molecule has 0 fully saturated rings. The summed E-state index contributed by atoms with van der Waals surface area (Å²) < 4.78 is 2.15. The molecule has 2 aromatic carbocycles. The number of amides is 1. The van der Waals surface area contributed by atoms with E-state index in [0.717, 1.165) is 33.7 Å². The highest BCUT2D eigenvalue weighted by Crippen LogP contribution is 2.23. The molecule has 0 saturated heterocycles. The van der Waals surface area contributed by atoms with Crippen molar-refractivity contribution in [2.75, 3.05) is 5.32 Å². The van der Waals surface area contributed by atoms with Gasteiger partial charge >= 0.3 is 0 Å². The molecule has 4 rings (SSSR count). The molecule has 0 aliphatic rings. The van der Waals surface area contributed by atoms with Crippen LogP contribution >= 0.6 is 0 Å². The normalized spacial score (nSPS) is 10.8. The third kappa shape index (κ3) is 3.02. The van der Waals surface area contributed by atoms with Gasteiger partial charge in [-0.1, -0.05) is 42.5 Å². The van der Waals surface area contributed by atoms with Gasteiger partial charge in [-0.15, -0.1) is 0 Å². The van der Waals surface area contributed by atoms with Crippen LogP contribution in [0.25, 0.3) is 28.0 Å². The molecule has 0 aliphatic heterocycles. The molecule has 0 atom stereocenters. The number of H-pyrrole nitrogens is 1. The van der Waals surface area contributed by atoms with Crippen LogP contribution in [0.1, 0.15) is 6.92 Å². The maximum atomic E-state index is 11.3. The van der Waals surface area contributed by atoms with Crippen molar-refractivity contribution < 1.29 is 9.20 Å². The number of benzene rings is 2. The molecule has 25 heavy (non-hydrogen) atoms. The summed E-state index contributed by atoms with van der Waals surface area (Å²) in [6.07, 6.45) is 4.13. The molecule has 0 saturated carbocycles. The summed E-state index contributed by atoms with van der Waals surface area (Å²) in [4.78, 5) is 14.6. The Labute approximate surface area is 145 Å². The van der Waals surface area contributed by atoms with E-state index in [0.29, 0.717) is 0 Å². The number of nitrogens with one attached hydrogen (secondary N) is 2. The number of nitrogens with zero attached hydrogens (tertiary/aromatic N) is 1. The van der Waals surface area contributed by atoms with Gasteiger partial charge in [-0.05, 0) is 23.8 Å². The molecule has 2 N–H and O–H groups in total. The minimum atomic E-state index is -0.0704. The summed E-state index contributed by atoms with van der Waals surface area (Å²) in [7, 11) is 0. The third-order valence-electron chi connectivity index (χ3n) is 4.15. The number of hydrogen-bond acceptors (Lipinski definition) is 1. The fourth-order valence-electron chi connectivity index (χ4n) is 3.01. The molecule has 4 heteroatoms. The van der Waals surface area contributed by atoms with E-state index < -0.39 is 0 Å². The number of carbonyl (C=O) groups excluding carboxylic acids is 1. The Bertz CT molecular complexity index is 1050. The van der Waals surface area contributed by atoms with E-state index in [9.17, 15) is 4.79 Å². The van der Waals surface area contributed by atoms with Crippen molar-refractivity contribution in [1.82, 2.24) is 4.98 Å². The van der Waals surface area contributed by atoms with Crippen LogP contribution in [0.4, 0.5) is 5.69 Å². The third-order valence-corrected chi connectivity index (χ3v) is 4.15. The van der Waals surface area contributed by atoms with Crippen LogP contribution in [-0.2, 0) is 4.79 Å². The van der Waals surface area contributed by atoms with Crippen LogP contribution in [-0.4, -0.2) is 10.9 Å². The van der Waals surface area contributed by atoms with Gasteiger partial charge in [-0.25, -0.2) is 4.98 Å². The first-order chi connectivity index (χ1) is 12.2. The number of imidazole rings is 1. The van der Waals surface area contributed by atoms with Crippen molar-refractivity contribution >= 4 is 17.2 Å². The lowest BCUT2D eigenvalue weighted by Crippen LogP contribution is -2.21. The Morgan fingerprint density at radius 2 is 1.72 bits per heavy atom. The maximum Gasteiger partial charge on any atom is 0.284 e. The zero-order chi connectivity index (χ0) is 17.2. The Hall–Kier alpha value is -3.40. The van der Waals surface area contributed by atoms with Crippen molar-refractivity contribution in [2.45, 2.75) is 6.92 Å². The molecule has 0 unspecified atom stereocenters. The first kappa shape index (κ1) is 15.1. The van der Waals surface area contributed by atoms with Gasteiger partial charge in [-0.3, -0.25) is 4.79 Å². The molecule has 1 amide bonds. The van der Waals surface area contributed by atoms with E-state index in [2.05, 4.69) is 45.2 Å². The van der Waals surface area contributed by atoms with Gasteiger partial charge in [-0.2, -0.15) is 4.40 Å². The SMILES string of the molecule is CC(=O)Nc1cccc(-c2ccc3[nH]cc(-c4ccccc4)[n+]3c2)c1. The highest BCUT2D eigenvalue weighted by atomic mass is 16.1. The predicted molar refractivity (Wildman–Crippen MR) is 99.1 cm³/mol. The number of fused-ring (bicyclic) bond motifs is 1. The number of rotatable bonds is 3. The van der Waals surface area contributed by atoms with Gasteiger partial charge < -0.3 is 5.32 Å². The van der Waals surface area contributed by atoms with E-state index in [4.69, 9.17) is 0 Å². The van der Waals surface area contributed by atoms with Gasteiger partial charge in [0.2, 0.25) is 5.91 Å². The van der Waals surface area contributed by atoms with Crippen LogP contribution in [0.15, 0.2) is 79.1 Å². The van der Waals surface area contributed by atoms with Crippen molar-refractivity contribution in [3.05, 3.63) is 79.1 Å². The lowest BCUT2D eigenvalue weighted by Gasteiger charge is -2.05. The van der Waals surface area contributed by atoms with E-state index >= 15 is 0 Å². The minimum absolute atomic E-state index is 0.0704. The molecule has 122 valence electrons. The summed E-state index contributed by atoms with van der Waals surface area (Å²) in [6, 6.07) is 22.3. The van der Waals surface area contributed by atoms with Crippen molar-refractivity contribution in [1.29, 1.82) is 0 Å². The zero-order valence-electron chi connectivity index (χ0n) is 13.9. The van der Waals surface area contributed by atoms with Crippen molar-refractivity contribution in [3.63, 3.8) is 0 Å². The van der Waals surface area contributed by atoms with Gasteiger partial charge in [0.25, 0.3) is 5.65 Å². The van der Waals surface area contributed by atoms with Gasteiger partial charge in [0.1, 0.15) is 12.4 Å². The maximum absolute atomic E-state index is 11.3. The molecule has 4 aromatic rings. The minimum Gasteiger partial charge on any atom is -0.326 e. The average molecular weight is 328 g/mol. The molecule has 2 aromatic heterocycles. The molecule has 0 radical (unpaired) electrons. The topological polar surface area (TPSA) is 49.0 Å². The highest BCUT2D eigenvalue weighted by molar-refractivity contribution is 5.89. The lowest BCUT2D eigenvalue weighted by atomic mass is 10.1. The van der Waals surface area contributed by atoms with Crippen LogP contribution in [0, 0.1) is 0 Å². The Morgan fingerprint density at radius 1 is 0.920 bits per heavy atom. The van der Waals surface area contributed by atoms with Gasteiger partial charge in [0.05, 0.1) is 0 Å². The fourth-order valence-corrected chi connectivity index (χ4v) is 3.01. The fraction of sp³-hybridized carbons (Fsp3) is 0.0476. The Balaban J connectivity index is 1.80. The molecule has 0 spiro atoms. The molecule has 0 aliphatic carbocycles. The number of hydrogen-bond donors (Lipinski definition) is 2. The largest absolute Gasteiger partial charge is 0.326 e. The highest BCUT2D eigenvalue weighted by Gasteiger charge is 2.14. The number of anilines is 1. The quantitative estimate of drug-likeness (QED) is 0.548. The van der Waals surface area contributed by atoms with Crippen LogP contribution in [0.5, 0.6) is 0 Å². The standard InChI is InChI=1S/C21H17N3O/c1-15(25)23-19-9-5-8-17(12-19)18-10-11-21-22-13-20(24(21)14-18)16-6-3-2-4-7-16/h2-14H,1H3,(H,23,25)/p+1. The predicted octanol–water partition coefficient (Wildman–Crippen LogP) is 4.05. The first-order valence-corrected chi connectivity index (χ1v) is 8.17.